The SMILES string of the molecule is CON(O)c1ccc(OC(=O)N2CC=C(c3cc4c(Nc5ccc6ncsc6c5)ncnc4[nH]3)CC2)cc1. The Kier molecular flexibility index (Phi) is 6.33. The number of aromatic nitrogens is 4. The summed E-state index contributed by atoms with van der Waals surface area (Å²) in [5, 5.41) is 14.5. The molecule has 0 spiro atoms. The van der Waals surface area contributed by atoms with Gasteiger partial charge in [0.15, 0.2) is 0 Å². The van der Waals surface area contributed by atoms with Gasteiger partial charge >= 0.3 is 6.09 Å². The molecule has 192 valence electrons. The lowest BCUT2D eigenvalue weighted by Crippen LogP contribution is -2.36. The summed E-state index contributed by atoms with van der Waals surface area (Å²) in [6.07, 6.45) is 3.77. The largest absolute Gasteiger partial charge is 0.415 e. The van der Waals surface area contributed by atoms with Gasteiger partial charge in [0, 0.05) is 24.5 Å². The van der Waals surface area contributed by atoms with Crippen molar-refractivity contribution in [3.63, 3.8) is 0 Å². The van der Waals surface area contributed by atoms with E-state index >= 15 is 0 Å². The van der Waals surface area contributed by atoms with Crippen molar-refractivity contribution in [3.05, 3.63) is 72.1 Å². The van der Waals surface area contributed by atoms with E-state index in [4.69, 9.17) is 9.57 Å². The van der Waals surface area contributed by atoms with Gasteiger partial charge in [-0.1, -0.05) is 6.08 Å². The van der Waals surface area contributed by atoms with E-state index < -0.39 is 6.09 Å². The third-order valence-electron chi connectivity index (χ3n) is 6.27. The Morgan fingerprint density at radius 2 is 2.03 bits per heavy atom. The minimum absolute atomic E-state index is 0.377. The first kappa shape index (κ1) is 23.9. The van der Waals surface area contributed by atoms with Crippen LogP contribution in [0.15, 0.2) is 66.4 Å². The van der Waals surface area contributed by atoms with Crippen LogP contribution in [0.3, 0.4) is 0 Å². The predicted octanol–water partition coefficient (Wildman–Crippen LogP) is 5.36. The van der Waals surface area contributed by atoms with Gasteiger partial charge in [-0.25, -0.2) is 19.7 Å². The molecule has 1 aliphatic heterocycles. The van der Waals surface area contributed by atoms with Crippen LogP contribution in [0.25, 0.3) is 26.8 Å². The van der Waals surface area contributed by atoms with Crippen molar-refractivity contribution in [1.82, 2.24) is 24.8 Å². The molecule has 0 bridgehead atoms. The fourth-order valence-corrected chi connectivity index (χ4v) is 4.99. The van der Waals surface area contributed by atoms with Gasteiger partial charge in [0.2, 0.25) is 0 Å². The van der Waals surface area contributed by atoms with Crippen LogP contribution in [0, 0.1) is 0 Å². The highest BCUT2D eigenvalue weighted by Gasteiger charge is 2.21. The summed E-state index contributed by atoms with van der Waals surface area (Å²) >= 11 is 1.59. The Morgan fingerprint density at radius 3 is 2.82 bits per heavy atom. The van der Waals surface area contributed by atoms with Gasteiger partial charge in [0.05, 0.1) is 33.9 Å². The Morgan fingerprint density at radius 1 is 1.16 bits per heavy atom. The van der Waals surface area contributed by atoms with Crippen LogP contribution in [-0.2, 0) is 4.84 Å². The Labute approximate surface area is 220 Å². The van der Waals surface area contributed by atoms with E-state index in [1.165, 1.54) is 13.4 Å². The maximum Gasteiger partial charge on any atom is 0.415 e. The van der Waals surface area contributed by atoms with Gasteiger partial charge in [0.1, 0.15) is 23.5 Å². The first-order chi connectivity index (χ1) is 18.6. The number of H-pyrrole nitrogens is 1. The zero-order valence-corrected chi connectivity index (χ0v) is 21.1. The molecule has 0 atom stereocenters. The molecule has 0 saturated carbocycles. The number of nitrogens with zero attached hydrogens (tertiary/aromatic N) is 5. The normalized spacial score (nSPS) is 13.5. The number of hydrogen-bond acceptors (Lipinski definition) is 10. The number of fused-ring (bicyclic) bond motifs is 2. The van der Waals surface area contributed by atoms with Gasteiger partial charge < -0.3 is 19.9 Å². The minimum atomic E-state index is -0.437. The van der Waals surface area contributed by atoms with Crippen LogP contribution in [0.4, 0.5) is 22.0 Å². The van der Waals surface area contributed by atoms with Crippen molar-refractivity contribution in [1.29, 1.82) is 0 Å². The number of carbonyl (C=O) groups excluding carboxylic acids is 1. The molecule has 1 aliphatic rings. The standard InChI is InChI=1S/C26H23N7O4S/c1-36-33(35)18-3-5-19(6-4-18)37-26(34)32-10-8-16(9-11-32)22-13-20-24(27-14-28-25(20)31-22)30-17-2-7-21-23(12-17)38-15-29-21/h2-8,12-15,35H,9-11H2,1H3,(H2,27,28,30,31). The van der Waals surface area contributed by atoms with Crippen molar-refractivity contribution >= 4 is 61.4 Å². The lowest BCUT2D eigenvalue weighted by Gasteiger charge is -2.25. The van der Waals surface area contributed by atoms with Gasteiger partial charge in [-0.3, -0.25) is 10.0 Å². The maximum atomic E-state index is 12.7. The molecule has 0 unspecified atom stereocenters. The second-order valence-electron chi connectivity index (χ2n) is 8.57. The van der Waals surface area contributed by atoms with E-state index in [0.717, 1.165) is 38.2 Å². The van der Waals surface area contributed by atoms with Gasteiger partial charge in [-0.15, -0.1) is 16.6 Å². The van der Waals surface area contributed by atoms with Gasteiger partial charge in [0.25, 0.3) is 0 Å². The van der Waals surface area contributed by atoms with Crippen LogP contribution >= 0.6 is 11.3 Å². The summed E-state index contributed by atoms with van der Waals surface area (Å²) in [4.78, 5) is 35.6. The summed E-state index contributed by atoms with van der Waals surface area (Å²) in [6.45, 7) is 0.930. The molecule has 5 aromatic rings. The second-order valence-corrected chi connectivity index (χ2v) is 9.46. The molecule has 11 nitrogen and oxygen atoms in total. The molecule has 3 N–H and O–H groups in total. The Bertz CT molecular complexity index is 1650. The molecule has 6 rings (SSSR count). The molecule has 0 fully saturated rings. The van der Waals surface area contributed by atoms with E-state index in [-0.39, 0.29) is 0 Å². The molecule has 0 radical (unpaired) electrons. The number of thiazole rings is 1. The zero-order valence-electron chi connectivity index (χ0n) is 20.3. The molecule has 38 heavy (non-hydrogen) atoms. The van der Waals surface area contributed by atoms with E-state index in [1.54, 1.807) is 40.5 Å². The molecule has 1 amide bonds. The third kappa shape index (κ3) is 4.75. The minimum Gasteiger partial charge on any atom is -0.410 e. The fourth-order valence-electron chi connectivity index (χ4n) is 4.27. The summed E-state index contributed by atoms with van der Waals surface area (Å²) in [6, 6.07) is 14.4. The second kappa shape index (κ2) is 10.1. The summed E-state index contributed by atoms with van der Waals surface area (Å²) in [7, 11) is 1.34. The number of aromatic amines is 1. The number of anilines is 3. The number of hydrogen-bond donors (Lipinski definition) is 3. The monoisotopic (exact) mass is 529 g/mol. The predicted molar refractivity (Wildman–Crippen MR) is 145 cm³/mol. The number of ether oxygens (including phenoxy) is 1. The lowest BCUT2D eigenvalue weighted by atomic mass is 10.1. The lowest BCUT2D eigenvalue weighted by molar-refractivity contribution is -0.0109. The average molecular weight is 530 g/mol. The highest BCUT2D eigenvalue weighted by molar-refractivity contribution is 7.16. The number of carbonyl (C=O) groups is 1. The van der Waals surface area contributed by atoms with E-state index in [9.17, 15) is 10.0 Å². The van der Waals surface area contributed by atoms with Crippen molar-refractivity contribution < 1.29 is 19.6 Å². The molecule has 2 aromatic carbocycles. The van der Waals surface area contributed by atoms with E-state index in [2.05, 4.69) is 31.3 Å². The van der Waals surface area contributed by atoms with E-state index in [1.807, 2.05) is 29.8 Å². The van der Waals surface area contributed by atoms with Crippen LogP contribution in [0.1, 0.15) is 12.1 Å². The molecule has 12 heteroatoms. The topological polar surface area (TPSA) is 129 Å². The third-order valence-corrected chi connectivity index (χ3v) is 7.06. The van der Waals surface area contributed by atoms with Crippen LogP contribution in [0.5, 0.6) is 5.75 Å². The Balaban J connectivity index is 1.14. The fraction of sp³-hybridized carbons (Fsp3) is 0.154. The smallest absolute Gasteiger partial charge is 0.410 e. The van der Waals surface area contributed by atoms with Crippen molar-refractivity contribution in [2.75, 3.05) is 30.7 Å². The molecule has 3 aromatic heterocycles. The quantitative estimate of drug-likeness (QED) is 0.249. The van der Waals surface area contributed by atoms with Crippen molar-refractivity contribution in [2.24, 2.45) is 0 Å². The average Bonchev–Trinajstić information content (AvgIpc) is 3.61. The highest BCUT2D eigenvalue weighted by atomic mass is 32.1. The summed E-state index contributed by atoms with van der Waals surface area (Å²) < 4.78 is 6.59. The zero-order chi connectivity index (χ0) is 26.1. The van der Waals surface area contributed by atoms with Crippen LogP contribution in [-0.4, -0.2) is 56.3 Å². The van der Waals surface area contributed by atoms with Crippen molar-refractivity contribution in [2.45, 2.75) is 6.42 Å². The molecule has 4 heterocycles. The summed E-state index contributed by atoms with van der Waals surface area (Å²) in [5.74, 6) is 1.09. The van der Waals surface area contributed by atoms with Gasteiger partial charge in [-0.2, -0.15) is 0 Å². The number of nitrogens with one attached hydrogen (secondary N) is 2. The number of rotatable bonds is 6. The number of benzene rings is 2. The van der Waals surface area contributed by atoms with Gasteiger partial charge in [-0.05, 0) is 60.5 Å². The van der Waals surface area contributed by atoms with Crippen LogP contribution in [0.2, 0.25) is 0 Å². The molecular formula is C26H23N7O4S. The highest BCUT2D eigenvalue weighted by Crippen LogP contribution is 2.30. The summed E-state index contributed by atoms with van der Waals surface area (Å²) in [5.41, 5.74) is 6.92. The van der Waals surface area contributed by atoms with E-state index in [0.29, 0.717) is 42.0 Å². The first-order valence-corrected chi connectivity index (χ1v) is 12.7. The maximum absolute atomic E-state index is 12.7. The Hall–Kier alpha value is -4.52. The van der Waals surface area contributed by atoms with Crippen LogP contribution < -0.4 is 15.3 Å². The number of amides is 1. The molecular weight excluding hydrogens is 506 g/mol. The molecule has 0 saturated heterocycles. The molecule has 0 aliphatic carbocycles. The first-order valence-electron chi connectivity index (χ1n) is 11.8. The van der Waals surface area contributed by atoms with Crippen molar-refractivity contribution in [3.8, 4) is 5.75 Å².